The Morgan fingerprint density at radius 2 is 1.95 bits per heavy atom. The molecule has 0 radical (unpaired) electrons. The highest BCUT2D eigenvalue weighted by Crippen LogP contribution is 2.23. The molecule has 0 aliphatic heterocycles. The zero-order chi connectivity index (χ0) is 15.1. The number of hydrogen-bond donors (Lipinski definition) is 0. The van der Waals surface area contributed by atoms with Gasteiger partial charge in [-0.1, -0.05) is 12.8 Å². The van der Waals surface area contributed by atoms with E-state index in [4.69, 9.17) is 9.47 Å². The van der Waals surface area contributed by atoms with Gasteiger partial charge in [0.05, 0.1) is 13.7 Å². The molecule has 0 N–H and O–H groups in total. The van der Waals surface area contributed by atoms with Crippen molar-refractivity contribution in [1.82, 2.24) is 4.90 Å². The topological polar surface area (TPSA) is 38.8 Å². The summed E-state index contributed by atoms with van der Waals surface area (Å²) in [4.78, 5) is 13.6. The van der Waals surface area contributed by atoms with E-state index in [2.05, 4.69) is 4.90 Å². The van der Waals surface area contributed by atoms with Crippen molar-refractivity contribution in [2.24, 2.45) is 0 Å². The minimum Gasteiger partial charge on any atom is -0.492 e. The molecule has 1 fully saturated rings. The zero-order valence-electron chi connectivity index (χ0n) is 12.4. The molecular weight excluding hydrogens is 273 g/mol. The van der Waals surface area contributed by atoms with Gasteiger partial charge < -0.3 is 9.47 Å². The van der Waals surface area contributed by atoms with Gasteiger partial charge in [-0.15, -0.1) is 0 Å². The third kappa shape index (κ3) is 5.01. The first kappa shape index (κ1) is 15.8. The van der Waals surface area contributed by atoms with Crippen molar-refractivity contribution in [3.8, 4) is 5.75 Å². The molecule has 4 nitrogen and oxygen atoms in total. The van der Waals surface area contributed by atoms with E-state index in [1.54, 1.807) is 12.1 Å². The van der Waals surface area contributed by atoms with Gasteiger partial charge >= 0.3 is 5.97 Å². The Kier molecular flexibility index (Phi) is 5.99. The van der Waals surface area contributed by atoms with E-state index in [1.807, 2.05) is 0 Å². The van der Waals surface area contributed by atoms with Crippen LogP contribution in [0, 0.1) is 5.82 Å². The van der Waals surface area contributed by atoms with Crippen LogP contribution in [0.15, 0.2) is 24.3 Å². The fraction of sp³-hybridized carbons (Fsp3) is 0.562. The predicted molar refractivity (Wildman–Crippen MR) is 77.7 cm³/mol. The van der Waals surface area contributed by atoms with E-state index in [9.17, 15) is 9.18 Å². The SMILES string of the molecule is COC(=O)CN(CCOc1ccc(F)cc1)C1CCCC1. The monoisotopic (exact) mass is 295 g/mol. The summed E-state index contributed by atoms with van der Waals surface area (Å²) in [6, 6.07) is 6.39. The number of methoxy groups -OCH3 is 1. The Bertz CT molecular complexity index is 443. The normalized spacial score (nSPS) is 15.4. The predicted octanol–water partition coefficient (Wildman–Crippen LogP) is 2.62. The van der Waals surface area contributed by atoms with E-state index < -0.39 is 0 Å². The molecular formula is C16H22FNO3. The molecule has 5 heteroatoms. The number of hydrogen-bond acceptors (Lipinski definition) is 4. The third-order valence-electron chi connectivity index (χ3n) is 3.86. The summed E-state index contributed by atoms with van der Waals surface area (Å²) in [5.74, 6) is 0.144. The van der Waals surface area contributed by atoms with Crippen LogP contribution in [0.1, 0.15) is 25.7 Å². The van der Waals surface area contributed by atoms with E-state index in [-0.39, 0.29) is 11.8 Å². The number of rotatable bonds is 7. The molecule has 0 unspecified atom stereocenters. The fourth-order valence-electron chi connectivity index (χ4n) is 2.70. The third-order valence-corrected chi connectivity index (χ3v) is 3.86. The summed E-state index contributed by atoms with van der Waals surface area (Å²) in [6.07, 6.45) is 4.66. The van der Waals surface area contributed by atoms with Gasteiger partial charge in [0.15, 0.2) is 0 Å². The lowest BCUT2D eigenvalue weighted by Crippen LogP contribution is -2.40. The average Bonchev–Trinajstić information content (AvgIpc) is 3.02. The molecule has 1 aromatic carbocycles. The van der Waals surface area contributed by atoms with Gasteiger partial charge in [-0.25, -0.2) is 4.39 Å². The van der Waals surface area contributed by atoms with Gasteiger partial charge in [0, 0.05) is 12.6 Å². The van der Waals surface area contributed by atoms with E-state index in [1.165, 1.54) is 32.1 Å². The van der Waals surface area contributed by atoms with Gasteiger partial charge in [0.1, 0.15) is 18.2 Å². The molecule has 0 spiro atoms. The van der Waals surface area contributed by atoms with E-state index >= 15 is 0 Å². The second-order valence-electron chi connectivity index (χ2n) is 5.29. The van der Waals surface area contributed by atoms with Crippen LogP contribution in [-0.2, 0) is 9.53 Å². The standard InChI is InChI=1S/C16H22FNO3/c1-20-16(19)12-18(14-4-2-3-5-14)10-11-21-15-8-6-13(17)7-9-15/h6-9,14H,2-5,10-12H2,1H3. The quantitative estimate of drug-likeness (QED) is 0.725. The van der Waals surface area contributed by atoms with Crippen LogP contribution < -0.4 is 4.74 Å². The number of nitrogens with zero attached hydrogens (tertiary/aromatic N) is 1. The van der Waals surface area contributed by atoms with Crippen molar-refractivity contribution in [2.45, 2.75) is 31.7 Å². The number of carbonyl (C=O) groups is 1. The van der Waals surface area contributed by atoms with Crippen LogP contribution in [0.3, 0.4) is 0 Å². The fourth-order valence-corrected chi connectivity index (χ4v) is 2.70. The van der Waals surface area contributed by atoms with Gasteiger partial charge in [0.2, 0.25) is 0 Å². The molecule has 0 aromatic heterocycles. The number of halogens is 1. The molecule has 0 amide bonds. The lowest BCUT2D eigenvalue weighted by molar-refractivity contribution is -0.142. The second-order valence-corrected chi connectivity index (χ2v) is 5.29. The maximum absolute atomic E-state index is 12.8. The first-order valence-electron chi connectivity index (χ1n) is 7.38. The van der Waals surface area contributed by atoms with Crippen molar-refractivity contribution in [2.75, 3.05) is 26.8 Å². The Morgan fingerprint density at radius 1 is 1.29 bits per heavy atom. The Morgan fingerprint density at radius 3 is 2.57 bits per heavy atom. The van der Waals surface area contributed by atoms with Crippen LogP contribution in [-0.4, -0.2) is 43.7 Å². The zero-order valence-corrected chi connectivity index (χ0v) is 12.4. The smallest absolute Gasteiger partial charge is 0.319 e. The number of ether oxygens (including phenoxy) is 2. The van der Waals surface area contributed by atoms with Gasteiger partial charge in [-0.3, -0.25) is 9.69 Å². The van der Waals surface area contributed by atoms with E-state index in [0.717, 1.165) is 12.8 Å². The van der Waals surface area contributed by atoms with Crippen molar-refractivity contribution in [3.05, 3.63) is 30.1 Å². The number of benzene rings is 1. The van der Waals surface area contributed by atoms with Crippen molar-refractivity contribution < 1.29 is 18.7 Å². The molecule has 21 heavy (non-hydrogen) atoms. The van der Waals surface area contributed by atoms with Gasteiger partial charge in [-0.2, -0.15) is 0 Å². The van der Waals surface area contributed by atoms with Crippen LogP contribution >= 0.6 is 0 Å². The maximum Gasteiger partial charge on any atom is 0.319 e. The second kappa shape index (κ2) is 7.98. The summed E-state index contributed by atoms with van der Waals surface area (Å²) in [5, 5.41) is 0. The molecule has 0 heterocycles. The lowest BCUT2D eigenvalue weighted by atomic mass is 10.2. The first-order chi connectivity index (χ1) is 10.2. The number of esters is 1. The molecule has 2 rings (SSSR count). The molecule has 0 bridgehead atoms. The molecule has 1 aliphatic carbocycles. The highest BCUT2D eigenvalue weighted by atomic mass is 19.1. The first-order valence-corrected chi connectivity index (χ1v) is 7.38. The van der Waals surface area contributed by atoms with Crippen LogP contribution in [0.2, 0.25) is 0 Å². The Balaban J connectivity index is 1.83. The summed E-state index contributed by atoms with van der Waals surface area (Å²) in [7, 11) is 1.41. The molecule has 1 aromatic rings. The van der Waals surface area contributed by atoms with Crippen molar-refractivity contribution in [1.29, 1.82) is 0 Å². The van der Waals surface area contributed by atoms with Gasteiger partial charge in [0.25, 0.3) is 0 Å². The summed E-state index contributed by atoms with van der Waals surface area (Å²) in [5.41, 5.74) is 0. The Hall–Kier alpha value is -1.62. The van der Waals surface area contributed by atoms with Crippen LogP contribution in [0.25, 0.3) is 0 Å². The molecule has 1 aliphatic rings. The largest absolute Gasteiger partial charge is 0.492 e. The van der Waals surface area contributed by atoms with E-state index in [0.29, 0.717) is 31.5 Å². The highest BCUT2D eigenvalue weighted by Gasteiger charge is 2.24. The highest BCUT2D eigenvalue weighted by molar-refractivity contribution is 5.71. The van der Waals surface area contributed by atoms with Crippen LogP contribution in [0.4, 0.5) is 4.39 Å². The molecule has 0 saturated heterocycles. The minimum absolute atomic E-state index is 0.219. The van der Waals surface area contributed by atoms with Gasteiger partial charge in [-0.05, 0) is 37.1 Å². The Labute approximate surface area is 124 Å². The average molecular weight is 295 g/mol. The van der Waals surface area contributed by atoms with Crippen molar-refractivity contribution in [3.63, 3.8) is 0 Å². The van der Waals surface area contributed by atoms with Crippen LogP contribution in [0.5, 0.6) is 5.75 Å². The summed E-state index contributed by atoms with van der Waals surface area (Å²) in [6.45, 7) is 1.43. The lowest BCUT2D eigenvalue weighted by Gasteiger charge is -2.27. The molecule has 0 atom stereocenters. The van der Waals surface area contributed by atoms with Crippen molar-refractivity contribution >= 4 is 5.97 Å². The molecule has 116 valence electrons. The number of carbonyl (C=O) groups excluding carboxylic acids is 1. The minimum atomic E-state index is -0.277. The summed E-state index contributed by atoms with van der Waals surface area (Å²) < 4.78 is 23.2. The maximum atomic E-state index is 12.8. The summed E-state index contributed by atoms with van der Waals surface area (Å²) >= 11 is 0. The molecule has 1 saturated carbocycles.